The van der Waals surface area contributed by atoms with Gasteiger partial charge in [0.2, 0.25) is 5.91 Å². The topological polar surface area (TPSA) is 57.6 Å². The molecule has 1 aromatic rings. The maximum Gasteiger partial charge on any atom is 0.331 e. The van der Waals surface area contributed by atoms with Gasteiger partial charge in [-0.2, -0.15) is 0 Å². The van der Waals surface area contributed by atoms with Crippen molar-refractivity contribution < 1.29 is 14.7 Å². The number of rotatable bonds is 4. The molecular weight excluding hydrogens is 230 g/mol. The molecule has 1 amide bonds. The minimum absolute atomic E-state index is 0.232. The van der Waals surface area contributed by atoms with Gasteiger partial charge < -0.3 is 10.0 Å². The van der Waals surface area contributed by atoms with Crippen molar-refractivity contribution in [3.63, 3.8) is 0 Å². The SMILES string of the molecule is CCN(C(C)=O)C(C(=O)O)c1ccc(C)cc1C. The molecule has 0 saturated carbocycles. The fourth-order valence-corrected chi connectivity index (χ4v) is 2.15. The van der Waals surface area contributed by atoms with Crippen LogP contribution in [0.4, 0.5) is 0 Å². The summed E-state index contributed by atoms with van der Waals surface area (Å²) in [5.74, 6) is -1.23. The van der Waals surface area contributed by atoms with Gasteiger partial charge >= 0.3 is 5.97 Å². The third kappa shape index (κ3) is 2.88. The van der Waals surface area contributed by atoms with E-state index in [9.17, 15) is 14.7 Å². The van der Waals surface area contributed by atoms with Crippen LogP contribution < -0.4 is 0 Å². The summed E-state index contributed by atoms with van der Waals surface area (Å²) < 4.78 is 0. The lowest BCUT2D eigenvalue weighted by Gasteiger charge is -2.28. The summed E-state index contributed by atoms with van der Waals surface area (Å²) >= 11 is 0. The van der Waals surface area contributed by atoms with E-state index in [2.05, 4.69) is 0 Å². The molecule has 0 saturated heterocycles. The number of hydrogen-bond acceptors (Lipinski definition) is 2. The molecule has 1 unspecified atom stereocenters. The lowest BCUT2D eigenvalue weighted by molar-refractivity contribution is -0.149. The largest absolute Gasteiger partial charge is 0.479 e. The molecule has 0 aliphatic rings. The van der Waals surface area contributed by atoms with Gasteiger partial charge in [0.1, 0.15) is 0 Å². The third-order valence-corrected chi connectivity index (χ3v) is 3.01. The molecule has 0 radical (unpaired) electrons. The fourth-order valence-electron chi connectivity index (χ4n) is 2.15. The normalized spacial score (nSPS) is 12.0. The number of benzene rings is 1. The van der Waals surface area contributed by atoms with Crippen LogP contribution in [-0.2, 0) is 9.59 Å². The first-order valence-corrected chi connectivity index (χ1v) is 5.95. The monoisotopic (exact) mass is 249 g/mol. The van der Waals surface area contributed by atoms with Gasteiger partial charge in [-0.05, 0) is 31.9 Å². The Hall–Kier alpha value is -1.84. The first-order chi connectivity index (χ1) is 8.38. The Morgan fingerprint density at radius 2 is 1.94 bits per heavy atom. The summed E-state index contributed by atoms with van der Waals surface area (Å²) in [5.41, 5.74) is 2.64. The number of aliphatic carboxylic acids is 1. The second kappa shape index (κ2) is 5.67. The number of aryl methyl sites for hydroxylation is 2. The van der Waals surface area contributed by atoms with Crippen LogP contribution in [0, 0.1) is 13.8 Å². The van der Waals surface area contributed by atoms with Gasteiger partial charge in [-0.15, -0.1) is 0 Å². The van der Waals surface area contributed by atoms with Crippen LogP contribution in [0.25, 0.3) is 0 Å². The van der Waals surface area contributed by atoms with Gasteiger partial charge in [0.15, 0.2) is 6.04 Å². The molecule has 0 heterocycles. The van der Waals surface area contributed by atoms with E-state index in [0.717, 1.165) is 11.1 Å². The molecule has 1 atom stereocenters. The molecule has 1 N–H and O–H groups in total. The molecular formula is C14H19NO3. The van der Waals surface area contributed by atoms with Crippen molar-refractivity contribution >= 4 is 11.9 Å². The van der Waals surface area contributed by atoms with Crippen molar-refractivity contribution in [3.8, 4) is 0 Å². The standard InChI is InChI=1S/C14H19NO3/c1-5-15(11(4)16)13(14(17)18)12-7-6-9(2)8-10(12)3/h6-8,13H,5H2,1-4H3,(H,17,18). The molecule has 18 heavy (non-hydrogen) atoms. The van der Waals surface area contributed by atoms with E-state index in [4.69, 9.17) is 0 Å². The lowest BCUT2D eigenvalue weighted by atomic mass is 9.98. The number of likely N-dealkylation sites (N-methyl/N-ethyl adjacent to an activating group) is 1. The Labute approximate surface area is 107 Å². The van der Waals surface area contributed by atoms with Gasteiger partial charge in [-0.25, -0.2) is 4.79 Å². The summed E-state index contributed by atoms with van der Waals surface area (Å²) in [7, 11) is 0. The van der Waals surface area contributed by atoms with Gasteiger partial charge in [0.05, 0.1) is 0 Å². The Morgan fingerprint density at radius 3 is 2.33 bits per heavy atom. The fraction of sp³-hybridized carbons (Fsp3) is 0.429. The lowest BCUT2D eigenvalue weighted by Crippen LogP contribution is -2.37. The molecule has 4 heteroatoms. The first kappa shape index (κ1) is 14.2. The van der Waals surface area contributed by atoms with Crippen molar-refractivity contribution in [3.05, 3.63) is 34.9 Å². The predicted octanol–water partition coefficient (Wildman–Crippen LogP) is 2.30. The average Bonchev–Trinajstić information content (AvgIpc) is 2.26. The minimum Gasteiger partial charge on any atom is -0.479 e. The quantitative estimate of drug-likeness (QED) is 0.890. The zero-order valence-corrected chi connectivity index (χ0v) is 11.2. The number of nitrogens with zero attached hydrogens (tertiary/aromatic N) is 1. The Balaban J connectivity index is 3.27. The molecule has 0 spiro atoms. The van der Waals surface area contributed by atoms with Crippen LogP contribution in [0.1, 0.15) is 36.6 Å². The van der Waals surface area contributed by atoms with Crippen LogP contribution in [0.3, 0.4) is 0 Å². The molecule has 0 aromatic heterocycles. The van der Waals surface area contributed by atoms with E-state index in [-0.39, 0.29) is 5.91 Å². The van der Waals surface area contributed by atoms with Crippen molar-refractivity contribution in [2.75, 3.05) is 6.54 Å². The van der Waals surface area contributed by atoms with Gasteiger partial charge in [0, 0.05) is 13.5 Å². The van der Waals surface area contributed by atoms with Crippen LogP contribution in [0.15, 0.2) is 18.2 Å². The molecule has 98 valence electrons. The maximum absolute atomic E-state index is 11.5. The van der Waals surface area contributed by atoms with Crippen molar-refractivity contribution in [2.45, 2.75) is 33.7 Å². The van der Waals surface area contributed by atoms with Gasteiger partial charge in [0.25, 0.3) is 0 Å². The highest BCUT2D eigenvalue weighted by Gasteiger charge is 2.29. The van der Waals surface area contributed by atoms with Crippen LogP contribution >= 0.6 is 0 Å². The first-order valence-electron chi connectivity index (χ1n) is 5.95. The zero-order chi connectivity index (χ0) is 13.9. The van der Waals surface area contributed by atoms with Crippen molar-refractivity contribution in [1.82, 2.24) is 4.90 Å². The molecule has 0 bridgehead atoms. The maximum atomic E-state index is 11.5. The van der Waals surface area contributed by atoms with Crippen LogP contribution in [-0.4, -0.2) is 28.4 Å². The number of amides is 1. The predicted molar refractivity (Wildman–Crippen MR) is 69.4 cm³/mol. The van der Waals surface area contributed by atoms with Crippen LogP contribution in [0.2, 0.25) is 0 Å². The summed E-state index contributed by atoms with van der Waals surface area (Å²) in [5, 5.41) is 9.38. The highest BCUT2D eigenvalue weighted by molar-refractivity contribution is 5.83. The molecule has 0 fully saturated rings. The highest BCUT2D eigenvalue weighted by Crippen LogP contribution is 2.25. The van der Waals surface area contributed by atoms with Crippen LogP contribution in [0.5, 0.6) is 0 Å². The van der Waals surface area contributed by atoms with E-state index in [0.29, 0.717) is 12.1 Å². The third-order valence-electron chi connectivity index (χ3n) is 3.01. The average molecular weight is 249 g/mol. The molecule has 1 rings (SSSR count). The summed E-state index contributed by atoms with van der Waals surface area (Å²) in [6.45, 7) is 7.37. The van der Waals surface area contributed by atoms with Crippen molar-refractivity contribution in [2.24, 2.45) is 0 Å². The Kier molecular flexibility index (Phi) is 4.48. The van der Waals surface area contributed by atoms with E-state index in [1.807, 2.05) is 26.0 Å². The Bertz CT molecular complexity index is 468. The molecule has 0 aliphatic heterocycles. The molecule has 4 nitrogen and oxygen atoms in total. The molecule has 1 aromatic carbocycles. The van der Waals surface area contributed by atoms with E-state index >= 15 is 0 Å². The molecule has 0 aliphatic carbocycles. The zero-order valence-electron chi connectivity index (χ0n) is 11.2. The van der Waals surface area contributed by atoms with Gasteiger partial charge in [-0.1, -0.05) is 23.8 Å². The number of carboxylic acids is 1. The second-order valence-corrected chi connectivity index (χ2v) is 4.41. The number of carboxylic acid groups (broad SMARTS) is 1. The number of carbonyl (C=O) groups is 2. The number of hydrogen-bond donors (Lipinski definition) is 1. The highest BCUT2D eigenvalue weighted by atomic mass is 16.4. The minimum atomic E-state index is -1.00. The Morgan fingerprint density at radius 1 is 1.33 bits per heavy atom. The van der Waals surface area contributed by atoms with Gasteiger partial charge in [-0.3, -0.25) is 4.79 Å². The number of carbonyl (C=O) groups excluding carboxylic acids is 1. The second-order valence-electron chi connectivity index (χ2n) is 4.41. The van der Waals surface area contributed by atoms with E-state index in [1.54, 1.807) is 13.0 Å². The summed E-state index contributed by atoms with van der Waals surface area (Å²) in [6.07, 6.45) is 0. The summed E-state index contributed by atoms with van der Waals surface area (Å²) in [4.78, 5) is 24.3. The smallest absolute Gasteiger partial charge is 0.331 e. The van der Waals surface area contributed by atoms with E-state index in [1.165, 1.54) is 11.8 Å². The van der Waals surface area contributed by atoms with Crippen molar-refractivity contribution in [1.29, 1.82) is 0 Å². The summed E-state index contributed by atoms with van der Waals surface area (Å²) in [6, 6.07) is 4.67. The van der Waals surface area contributed by atoms with E-state index < -0.39 is 12.0 Å².